The fourth-order valence-corrected chi connectivity index (χ4v) is 3.33. The fraction of sp³-hybridized carbons (Fsp3) is 1.00. The van der Waals surface area contributed by atoms with Gasteiger partial charge in [-0.15, -0.1) is 0 Å². The molecule has 4 nitrogen and oxygen atoms in total. The predicted octanol–water partition coefficient (Wildman–Crippen LogP) is 0.598. The van der Waals surface area contributed by atoms with E-state index in [0.717, 1.165) is 64.2 Å². The molecule has 0 heterocycles. The third kappa shape index (κ3) is 16.2. The Hall–Kier alpha value is 1.51. The monoisotopic (exact) mass is 346 g/mol. The van der Waals surface area contributed by atoms with Crippen molar-refractivity contribution >= 4 is 10.1 Å². The van der Waals surface area contributed by atoms with Crippen molar-refractivity contribution in [2.75, 3.05) is 6.61 Å². The minimum atomic E-state index is -4.13. The maximum atomic E-state index is 11.2. The number of hydrogen-bond donors (Lipinski definition) is 1. The Labute approximate surface area is 173 Å². The topological polar surface area (TPSA) is 77.4 Å². The molecule has 0 aromatic rings. The summed E-state index contributed by atoms with van der Waals surface area (Å²) in [5.74, 6) is 0. The molecule has 0 radical (unpaired) electrons. The molecule has 0 aliphatic heterocycles. The molecule has 0 aliphatic rings. The maximum absolute atomic E-state index is 11.2. The van der Waals surface area contributed by atoms with Gasteiger partial charge in [-0.25, -0.2) is 8.42 Å². The van der Waals surface area contributed by atoms with E-state index in [1.165, 1.54) is 0 Å². The molecule has 6 heteroatoms. The second-order valence-corrected chi connectivity index (χ2v) is 7.25. The molecule has 0 bridgehead atoms. The van der Waals surface area contributed by atoms with Crippen LogP contribution in [0.3, 0.4) is 0 Å². The van der Waals surface area contributed by atoms with Gasteiger partial charge in [-0.05, 0) is 19.3 Å². The van der Waals surface area contributed by atoms with Gasteiger partial charge < -0.3 is 9.66 Å². The van der Waals surface area contributed by atoms with Crippen LogP contribution >= 0.6 is 0 Å². The van der Waals surface area contributed by atoms with Crippen LogP contribution in [0, 0.1) is 0 Å². The van der Waals surface area contributed by atoms with E-state index < -0.39 is 15.4 Å². The SMILES string of the molecule is CCCCCC(CCCCCCCCCO)S(=O)(=O)[O-].[K+]. The van der Waals surface area contributed by atoms with Crippen molar-refractivity contribution in [1.29, 1.82) is 0 Å². The Kier molecular flexibility index (Phi) is 19.3. The summed E-state index contributed by atoms with van der Waals surface area (Å²) in [6, 6.07) is 0. The summed E-state index contributed by atoms with van der Waals surface area (Å²) < 4.78 is 33.6. The third-order valence-electron chi connectivity index (χ3n) is 3.72. The first-order chi connectivity index (χ1) is 9.52. The Morgan fingerprint density at radius 3 is 1.71 bits per heavy atom. The Morgan fingerprint density at radius 2 is 1.29 bits per heavy atom. The van der Waals surface area contributed by atoms with E-state index in [1.807, 2.05) is 0 Å². The van der Waals surface area contributed by atoms with Crippen molar-refractivity contribution < 1.29 is 69.5 Å². The van der Waals surface area contributed by atoms with Crippen LogP contribution in [0.25, 0.3) is 0 Å². The van der Waals surface area contributed by atoms with Crippen LogP contribution in [0.15, 0.2) is 0 Å². The molecule has 0 saturated carbocycles. The van der Waals surface area contributed by atoms with Gasteiger partial charge in [0.1, 0.15) is 0 Å². The number of hydrogen-bond acceptors (Lipinski definition) is 4. The Balaban J connectivity index is 0. The van der Waals surface area contributed by atoms with Crippen LogP contribution in [0.5, 0.6) is 0 Å². The third-order valence-corrected chi connectivity index (χ3v) is 5.01. The van der Waals surface area contributed by atoms with Gasteiger partial charge in [-0.1, -0.05) is 64.7 Å². The first-order valence-corrected chi connectivity index (χ1v) is 9.55. The molecule has 0 saturated heterocycles. The Bertz CT molecular complexity index is 307. The number of unbranched alkanes of at least 4 members (excludes halogenated alkanes) is 8. The minimum Gasteiger partial charge on any atom is -0.748 e. The van der Waals surface area contributed by atoms with E-state index in [1.54, 1.807) is 0 Å². The molecule has 0 aromatic carbocycles. The van der Waals surface area contributed by atoms with Gasteiger partial charge in [0, 0.05) is 11.9 Å². The first-order valence-electron chi connectivity index (χ1n) is 8.08. The second kappa shape index (κ2) is 16.4. The molecule has 1 atom stereocenters. The van der Waals surface area contributed by atoms with E-state index in [0.29, 0.717) is 12.8 Å². The molecule has 0 aromatic heterocycles. The normalized spacial score (nSPS) is 12.9. The zero-order valence-electron chi connectivity index (χ0n) is 13.8. The molecule has 0 spiro atoms. The van der Waals surface area contributed by atoms with Gasteiger partial charge in [-0.2, -0.15) is 0 Å². The van der Waals surface area contributed by atoms with Crippen LogP contribution in [0.2, 0.25) is 0 Å². The summed E-state index contributed by atoms with van der Waals surface area (Å²) in [4.78, 5) is 0. The average molecular weight is 347 g/mol. The molecule has 1 unspecified atom stereocenters. The number of rotatable bonds is 14. The molecule has 1 N–H and O–H groups in total. The quantitative estimate of drug-likeness (QED) is 0.284. The second-order valence-electron chi connectivity index (χ2n) is 5.60. The summed E-state index contributed by atoms with van der Waals surface area (Å²) in [7, 11) is -4.13. The standard InChI is InChI=1S/C15H32O4S.K/c1-2-3-9-12-15(20(17,18)19)13-10-7-5-4-6-8-11-14-16;/h15-16H,2-14H2,1H3,(H,17,18,19);/q;+1/p-1. The van der Waals surface area contributed by atoms with Crippen molar-refractivity contribution in [2.24, 2.45) is 0 Å². The van der Waals surface area contributed by atoms with E-state index in [2.05, 4.69) is 6.92 Å². The average Bonchev–Trinajstić information content (AvgIpc) is 2.38. The molecular formula is C15H31KO4S. The largest absolute Gasteiger partial charge is 1.00 e. The number of aliphatic hydroxyl groups is 1. The zero-order chi connectivity index (χ0) is 15.3. The molecule has 21 heavy (non-hydrogen) atoms. The Morgan fingerprint density at radius 1 is 0.857 bits per heavy atom. The van der Waals surface area contributed by atoms with E-state index >= 15 is 0 Å². The molecule has 0 rings (SSSR count). The van der Waals surface area contributed by atoms with Crippen LogP contribution in [0.1, 0.15) is 84.0 Å². The number of aliphatic hydroxyl groups excluding tert-OH is 1. The van der Waals surface area contributed by atoms with Crippen LogP contribution in [-0.4, -0.2) is 29.9 Å². The van der Waals surface area contributed by atoms with Crippen LogP contribution < -0.4 is 51.4 Å². The van der Waals surface area contributed by atoms with Crippen molar-refractivity contribution in [3.05, 3.63) is 0 Å². The first kappa shape index (κ1) is 24.8. The van der Waals surface area contributed by atoms with Crippen molar-refractivity contribution in [1.82, 2.24) is 0 Å². The smallest absolute Gasteiger partial charge is 0.748 e. The summed E-state index contributed by atoms with van der Waals surface area (Å²) in [6.07, 6.45) is 11.0. The fourth-order valence-electron chi connectivity index (χ4n) is 2.42. The van der Waals surface area contributed by atoms with Gasteiger partial charge in [0.25, 0.3) is 0 Å². The molecule has 0 amide bonds. The van der Waals surface area contributed by atoms with Gasteiger partial charge in [-0.3, -0.25) is 0 Å². The molecule has 122 valence electrons. The van der Waals surface area contributed by atoms with Gasteiger partial charge >= 0.3 is 51.4 Å². The molecule has 0 fully saturated rings. The van der Waals surface area contributed by atoms with E-state index in [9.17, 15) is 13.0 Å². The van der Waals surface area contributed by atoms with Gasteiger partial charge in [0.15, 0.2) is 0 Å². The minimum absolute atomic E-state index is 0. The maximum Gasteiger partial charge on any atom is 1.00 e. The summed E-state index contributed by atoms with van der Waals surface area (Å²) in [5, 5.41) is 7.97. The van der Waals surface area contributed by atoms with Crippen LogP contribution in [0.4, 0.5) is 0 Å². The van der Waals surface area contributed by atoms with Crippen LogP contribution in [-0.2, 0) is 10.1 Å². The summed E-state index contributed by atoms with van der Waals surface area (Å²) in [5.41, 5.74) is 0. The van der Waals surface area contributed by atoms with Crippen molar-refractivity contribution in [2.45, 2.75) is 89.2 Å². The summed E-state index contributed by atoms with van der Waals surface area (Å²) in [6.45, 7) is 2.33. The van der Waals surface area contributed by atoms with Crippen molar-refractivity contribution in [3.63, 3.8) is 0 Å². The van der Waals surface area contributed by atoms with E-state index in [4.69, 9.17) is 5.11 Å². The zero-order valence-corrected chi connectivity index (χ0v) is 17.8. The predicted molar refractivity (Wildman–Crippen MR) is 81.6 cm³/mol. The van der Waals surface area contributed by atoms with E-state index in [-0.39, 0.29) is 58.0 Å². The molecular weight excluding hydrogens is 315 g/mol. The van der Waals surface area contributed by atoms with Gasteiger partial charge in [0.05, 0.1) is 10.1 Å². The summed E-state index contributed by atoms with van der Waals surface area (Å²) >= 11 is 0. The van der Waals surface area contributed by atoms with Gasteiger partial charge in [0.2, 0.25) is 0 Å². The molecule has 0 aliphatic carbocycles. The van der Waals surface area contributed by atoms with Crippen molar-refractivity contribution in [3.8, 4) is 0 Å².